The van der Waals surface area contributed by atoms with E-state index in [0.29, 0.717) is 6.54 Å². The highest BCUT2D eigenvalue weighted by Crippen LogP contribution is 2.26. The fourth-order valence-corrected chi connectivity index (χ4v) is 2.11. The Labute approximate surface area is 98.5 Å². The van der Waals surface area contributed by atoms with E-state index in [9.17, 15) is 8.42 Å². The highest BCUT2D eigenvalue weighted by atomic mass is 32.2. The highest BCUT2D eigenvalue weighted by molar-refractivity contribution is 7.89. The van der Waals surface area contributed by atoms with Crippen LogP contribution < -0.4 is 9.88 Å². The van der Waals surface area contributed by atoms with Crippen LogP contribution in [-0.2, 0) is 21.3 Å². The molecule has 1 aliphatic rings. The molecule has 7 nitrogen and oxygen atoms in total. The van der Waals surface area contributed by atoms with Gasteiger partial charge in [0.05, 0.1) is 12.7 Å². The number of primary sulfonamides is 1. The Morgan fingerprint density at radius 1 is 1.76 bits per heavy atom. The summed E-state index contributed by atoms with van der Waals surface area (Å²) in [6.07, 6.45) is 5.98. The van der Waals surface area contributed by atoms with E-state index in [-0.39, 0.29) is 30.1 Å². The molecule has 1 aliphatic heterocycles. The Balaban J connectivity index is 2.20. The number of hydrogen-bond donors (Lipinski definition) is 1. The van der Waals surface area contributed by atoms with Crippen LogP contribution in [0, 0.1) is 12.3 Å². The lowest BCUT2D eigenvalue weighted by molar-refractivity contribution is 0.00160. The van der Waals surface area contributed by atoms with Gasteiger partial charge in [0, 0.05) is 0 Å². The third kappa shape index (κ3) is 2.41. The average molecular weight is 257 g/mol. The number of fused-ring (bicyclic) bond motifs is 1. The van der Waals surface area contributed by atoms with Crippen molar-refractivity contribution in [3.63, 3.8) is 0 Å². The molecule has 0 saturated heterocycles. The summed E-state index contributed by atoms with van der Waals surface area (Å²) in [6.45, 7) is 0.773. The van der Waals surface area contributed by atoms with E-state index >= 15 is 0 Å². The first kappa shape index (κ1) is 11.9. The van der Waals surface area contributed by atoms with Gasteiger partial charge in [0.1, 0.15) is 19.3 Å². The highest BCUT2D eigenvalue weighted by Gasteiger charge is 2.28. The summed E-state index contributed by atoms with van der Waals surface area (Å²) in [5, 5.41) is 8.90. The van der Waals surface area contributed by atoms with Crippen molar-refractivity contribution < 1.29 is 17.9 Å². The molecule has 1 unspecified atom stereocenters. The van der Waals surface area contributed by atoms with E-state index < -0.39 is 10.0 Å². The zero-order valence-electron chi connectivity index (χ0n) is 8.87. The molecular formula is C9H11N3O4S. The molecule has 92 valence electrons. The predicted molar refractivity (Wildman–Crippen MR) is 57.7 cm³/mol. The summed E-state index contributed by atoms with van der Waals surface area (Å²) in [5.41, 5.74) is 0. The lowest BCUT2D eigenvalue weighted by atomic mass is 10.3. The maximum absolute atomic E-state index is 11.2. The number of hydrogen-bond acceptors (Lipinski definition) is 5. The molecule has 0 aromatic carbocycles. The number of terminal acetylenes is 1. The number of rotatable bonds is 3. The van der Waals surface area contributed by atoms with Crippen LogP contribution >= 0.6 is 0 Å². The van der Waals surface area contributed by atoms with E-state index in [4.69, 9.17) is 21.0 Å². The first-order valence-electron chi connectivity index (χ1n) is 4.79. The van der Waals surface area contributed by atoms with Crippen molar-refractivity contribution in [1.82, 2.24) is 9.78 Å². The number of nitrogens with zero attached hydrogens (tertiary/aromatic N) is 2. The van der Waals surface area contributed by atoms with Crippen LogP contribution in [0.25, 0.3) is 0 Å². The largest absolute Gasteiger partial charge is 0.474 e. The fraction of sp³-hybridized carbons (Fsp3) is 0.444. The van der Waals surface area contributed by atoms with Crippen LogP contribution in [0.15, 0.2) is 11.1 Å². The minimum absolute atomic E-state index is 0.118. The summed E-state index contributed by atoms with van der Waals surface area (Å²) in [4.78, 5) is -0.118. The first-order chi connectivity index (χ1) is 8.02. The van der Waals surface area contributed by atoms with Gasteiger partial charge in [-0.15, -0.1) is 6.42 Å². The number of ether oxygens (including phenoxy) is 2. The maximum atomic E-state index is 11.2. The molecule has 8 heteroatoms. The zero-order chi connectivity index (χ0) is 12.5. The number of sulfonamides is 1. The van der Waals surface area contributed by atoms with E-state index in [0.717, 1.165) is 6.20 Å². The van der Waals surface area contributed by atoms with Crippen molar-refractivity contribution in [1.29, 1.82) is 0 Å². The summed E-state index contributed by atoms with van der Waals surface area (Å²) < 4.78 is 34.4. The van der Waals surface area contributed by atoms with Gasteiger partial charge in [-0.1, -0.05) is 5.92 Å². The van der Waals surface area contributed by atoms with Crippen molar-refractivity contribution in [3.05, 3.63) is 6.20 Å². The zero-order valence-corrected chi connectivity index (χ0v) is 9.68. The fourth-order valence-electron chi connectivity index (χ4n) is 1.51. The molecule has 2 heterocycles. The molecule has 1 aromatic rings. The van der Waals surface area contributed by atoms with Gasteiger partial charge < -0.3 is 9.47 Å². The standard InChI is InChI=1S/C9H11N3O4S/c1-2-3-15-7-5-12-9(16-6-7)8(4-11-12)17(10,13)14/h1,4,7H,3,5-6H2,(H2,10,13,14). The van der Waals surface area contributed by atoms with Gasteiger partial charge in [0.2, 0.25) is 15.9 Å². The molecule has 17 heavy (non-hydrogen) atoms. The van der Waals surface area contributed by atoms with Crippen LogP contribution in [0.4, 0.5) is 0 Å². The van der Waals surface area contributed by atoms with Crippen LogP contribution in [-0.4, -0.2) is 37.5 Å². The molecule has 0 bridgehead atoms. The van der Waals surface area contributed by atoms with Crippen LogP contribution in [0.2, 0.25) is 0 Å². The van der Waals surface area contributed by atoms with Gasteiger partial charge in [0.25, 0.3) is 0 Å². The second kappa shape index (κ2) is 4.37. The van der Waals surface area contributed by atoms with E-state index in [1.165, 1.54) is 4.68 Å². The van der Waals surface area contributed by atoms with Gasteiger partial charge in [-0.05, 0) is 0 Å². The SMILES string of the molecule is C#CCOC1COc2c(S(N)(=O)=O)cnn2C1. The predicted octanol–water partition coefficient (Wildman–Crippen LogP) is -1.06. The summed E-state index contributed by atoms with van der Waals surface area (Å²) >= 11 is 0. The minimum atomic E-state index is -3.82. The summed E-state index contributed by atoms with van der Waals surface area (Å²) in [6, 6.07) is 0. The molecule has 0 spiro atoms. The van der Waals surface area contributed by atoms with Crippen molar-refractivity contribution in [2.45, 2.75) is 17.5 Å². The lowest BCUT2D eigenvalue weighted by Gasteiger charge is -2.23. The molecule has 0 aliphatic carbocycles. The van der Waals surface area contributed by atoms with Gasteiger partial charge in [0.15, 0.2) is 4.90 Å². The molecule has 0 saturated carbocycles. The summed E-state index contributed by atoms with van der Waals surface area (Å²) in [7, 11) is -3.82. The van der Waals surface area contributed by atoms with E-state index in [1.54, 1.807) is 0 Å². The Kier molecular flexibility index (Phi) is 3.06. The van der Waals surface area contributed by atoms with Crippen LogP contribution in [0.5, 0.6) is 5.88 Å². The summed E-state index contributed by atoms with van der Waals surface area (Å²) in [5.74, 6) is 2.49. The maximum Gasteiger partial charge on any atom is 0.245 e. The van der Waals surface area contributed by atoms with Gasteiger partial charge >= 0.3 is 0 Å². The lowest BCUT2D eigenvalue weighted by Crippen LogP contribution is -2.33. The Morgan fingerprint density at radius 2 is 2.53 bits per heavy atom. The minimum Gasteiger partial charge on any atom is -0.474 e. The normalized spacial score (nSPS) is 19.2. The second-order valence-electron chi connectivity index (χ2n) is 3.49. The monoisotopic (exact) mass is 257 g/mol. The Bertz CT molecular complexity index is 557. The number of nitrogens with two attached hydrogens (primary N) is 1. The van der Waals surface area contributed by atoms with Crippen molar-refractivity contribution >= 4 is 10.0 Å². The smallest absolute Gasteiger partial charge is 0.245 e. The van der Waals surface area contributed by atoms with Crippen LogP contribution in [0.3, 0.4) is 0 Å². The molecule has 2 N–H and O–H groups in total. The number of aromatic nitrogens is 2. The third-order valence-corrected chi connectivity index (χ3v) is 3.14. The molecular weight excluding hydrogens is 246 g/mol. The van der Waals surface area contributed by atoms with Gasteiger partial charge in [-0.2, -0.15) is 5.10 Å². The molecule has 2 rings (SSSR count). The van der Waals surface area contributed by atoms with E-state index in [1.807, 2.05) is 0 Å². The quantitative estimate of drug-likeness (QED) is 0.696. The van der Waals surface area contributed by atoms with Gasteiger partial charge in [-0.25, -0.2) is 18.2 Å². The second-order valence-corrected chi connectivity index (χ2v) is 5.02. The van der Waals surface area contributed by atoms with Crippen molar-refractivity contribution in [2.75, 3.05) is 13.2 Å². The molecule has 1 atom stereocenters. The molecule has 0 fully saturated rings. The topological polar surface area (TPSA) is 96.4 Å². The molecule has 0 amide bonds. The Hall–Kier alpha value is -1.56. The molecule has 1 aromatic heterocycles. The Morgan fingerprint density at radius 3 is 3.18 bits per heavy atom. The van der Waals surface area contributed by atoms with E-state index in [2.05, 4.69) is 11.0 Å². The van der Waals surface area contributed by atoms with Gasteiger partial charge in [-0.3, -0.25) is 0 Å². The van der Waals surface area contributed by atoms with Crippen molar-refractivity contribution in [3.8, 4) is 18.2 Å². The van der Waals surface area contributed by atoms with Crippen molar-refractivity contribution in [2.24, 2.45) is 5.14 Å². The van der Waals surface area contributed by atoms with Crippen LogP contribution in [0.1, 0.15) is 0 Å². The molecule has 0 radical (unpaired) electrons. The first-order valence-corrected chi connectivity index (χ1v) is 6.33. The third-order valence-electron chi connectivity index (χ3n) is 2.25. The average Bonchev–Trinajstić information content (AvgIpc) is 2.68.